The van der Waals surface area contributed by atoms with Gasteiger partial charge >= 0.3 is 0 Å². The van der Waals surface area contributed by atoms with E-state index in [9.17, 15) is 0 Å². The van der Waals surface area contributed by atoms with Gasteiger partial charge in [-0.15, -0.1) is 6.58 Å². The lowest BCUT2D eigenvalue weighted by Crippen LogP contribution is -2.43. The first-order valence-electron chi connectivity index (χ1n) is 5.31. The van der Waals surface area contributed by atoms with Crippen LogP contribution < -0.4 is 5.32 Å². The van der Waals surface area contributed by atoms with E-state index < -0.39 is 0 Å². The number of methoxy groups -OCH3 is 1. The second-order valence-corrected chi connectivity index (χ2v) is 4.02. The fraction of sp³-hybridized carbons (Fsp3) is 0.818. The summed E-state index contributed by atoms with van der Waals surface area (Å²) in [6.45, 7) is 6.46. The molecule has 1 unspecified atom stereocenters. The molecule has 0 bridgehead atoms. The quantitative estimate of drug-likeness (QED) is 0.586. The molecule has 1 aliphatic rings. The fourth-order valence-corrected chi connectivity index (χ4v) is 1.48. The van der Waals surface area contributed by atoms with Gasteiger partial charge in [0.15, 0.2) is 0 Å². The number of nitrogens with one attached hydrogen (secondary N) is 1. The SMILES string of the molecule is C=CCN(C)C(CNC1CC1)COC. The minimum absolute atomic E-state index is 0.457. The largest absolute Gasteiger partial charge is 0.383 e. The molecule has 1 N–H and O–H groups in total. The lowest BCUT2D eigenvalue weighted by atomic mass is 10.2. The predicted molar refractivity (Wildman–Crippen MR) is 59.5 cm³/mol. The van der Waals surface area contributed by atoms with Crippen LogP contribution in [0.4, 0.5) is 0 Å². The Morgan fingerprint density at radius 1 is 1.64 bits per heavy atom. The Morgan fingerprint density at radius 2 is 2.36 bits per heavy atom. The highest BCUT2D eigenvalue weighted by Gasteiger charge is 2.22. The molecule has 14 heavy (non-hydrogen) atoms. The van der Waals surface area contributed by atoms with Gasteiger partial charge in [0, 0.05) is 32.3 Å². The van der Waals surface area contributed by atoms with Gasteiger partial charge in [-0.3, -0.25) is 4.90 Å². The van der Waals surface area contributed by atoms with Gasteiger partial charge in [-0.2, -0.15) is 0 Å². The maximum atomic E-state index is 5.21. The van der Waals surface area contributed by atoms with Gasteiger partial charge < -0.3 is 10.1 Å². The summed E-state index contributed by atoms with van der Waals surface area (Å²) in [4.78, 5) is 2.27. The van der Waals surface area contributed by atoms with Crippen molar-refractivity contribution < 1.29 is 4.74 Å². The maximum Gasteiger partial charge on any atom is 0.0630 e. The van der Waals surface area contributed by atoms with Crippen LogP contribution >= 0.6 is 0 Å². The van der Waals surface area contributed by atoms with Gasteiger partial charge in [-0.05, 0) is 19.9 Å². The lowest BCUT2D eigenvalue weighted by Gasteiger charge is -2.26. The third kappa shape index (κ3) is 4.22. The second kappa shape index (κ2) is 6.17. The summed E-state index contributed by atoms with van der Waals surface area (Å²) < 4.78 is 5.21. The van der Waals surface area contributed by atoms with E-state index in [0.29, 0.717) is 6.04 Å². The normalized spacial score (nSPS) is 18.5. The summed E-state index contributed by atoms with van der Waals surface area (Å²) in [5, 5.41) is 3.52. The average molecular weight is 198 g/mol. The molecule has 0 aromatic heterocycles. The van der Waals surface area contributed by atoms with Gasteiger partial charge in [-0.25, -0.2) is 0 Å². The van der Waals surface area contributed by atoms with Crippen molar-refractivity contribution in [2.75, 3.05) is 33.9 Å². The number of rotatable bonds is 8. The van der Waals surface area contributed by atoms with Crippen molar-refractivity contribution in [3.8, 4) is 0 Å². The Bertz CT molecular complexity index is 169. The summed E-state index contributed by atoms with van der Waals surface area (Å²) in [7, 11) is 3.87. The molecule has 3 nitrogen and oxygen atoms in total. The molecule has 82 valence electrons. The van der Waals surface area contributed by atoms with Crippen LogP contribution in [-0.4, -0.2) is 50.8 Å². The fourth-order valence-electron chi connectivity index (χ4n) is 1.48. The van der Waals surface area contributed by atoms with Crippen LogP contribution in [0.25, 0.3) is 0 Å². The van der Waals surface area contributed by atoms with Crippen molar-refractivity contribution in [1.82, 2.24) is 10.2 Å². The maximum absolute atomic E-state index is 5.21. The van der Waals surface area contributed by atoms with Gasteiger partial charge in [0.05, 0.1) is 6.61 Å². The van der Waals surface area contributed by atoms with E-state index in [-0.39, 0.29) is 0 Å². The summed E-state index contributed by atoms with van der Waals surface area (Å²) >= 11 is 0. The molecule has 1 atom stereocenters. The minimum Gasteiger partial charge on any atom is -0.383 e. The molecule has 0 amide bonds. The molecule has 3 heteroatoms. The predicted octanol–water partition coefficient (Wildman–Crippen LogP) is 0.871. The van der Waals surface area contributed by atoms with Crippen LogP contribution in [0.3, 0.4) is 0 Å². The zero-order valence-electron chi connectivity index (χ0n) is 9.33. The highest BCUT2D eigenvalue weighted by atomic mass is 16.5. The standard InChI is InChI=1S/C11H22N2O/c1-4-7-13(2)11(9-14-3)8-12-10-5-6-10/h4,10-12H,1,5-9H2,2-3H3. The van der Waals surface area contributed by atoms with Gasteiger partial charge in [0.25, 0.3) is 0 Å². The Kier molecular flexibility index (Phi) is 5.15. The highest BCUT2D eigenvalue weighted by Crippen LogP contribution is 2.18. The van der Waals surface area contributed by atoms with Crippen LogP contribution in [0.2, 0.25) is 0 Å². The third-order valence-electron chi connectivity index (χ3n) is 2.62. The molecule has 1 rings (SSSR count). The second-order valence-electron chi connectivity index (χ2n) is 4.02. The molecule has 0 aromatic rings. The summed E-state index contributed by atoms with van der Waals surface area (Å²) in [6.07, 6.45) is 4.61. The van der Waals surface area contributed by atoms with Gasteiger partial charge in [0.1, 0.15) is 0 Å². The molecule has 1 saturated carbocycles. The summed E-state index contributed by atoms with van der Waals surface area (Å²) in [6, 6.07) is 1.23. The van der Waals surface area contributed by atoms with E-state index >= 15 is 0 Å². The molecule has 0 spiro atoms. The van der Waals surface area contributed by atoms with Crippen molar-refractivity contribution >= 4 is 0 Å². The van der Waals surface area contributed by atoms with Crippen LogP contribution in [0, 0.1) is 0 Å². The zero-order valence-corrected chi connectivity index (χ0v) is 9.33. The van der Waals surface area contributed by atoms with Crippen LogP contribution in [0.15, 0.2) is 12.7 Å². The van der Waals surface area contributed by atoms with Crippen LogP contribution in [0.5, 0.6) is 0 Å². The first-order valence-corrected chi connectivity index (χ1v) is 5.31. The topological polar surface area (TPSA) is 24.5 Å². The molecule has 1 aliphatic carbocycles. The Morgan fingerprint density at radius 3 is 2.86 bits per heavy atom. The van der Waals surface area contributed by atoms with Crippen molar-refractivity contribution in [3.05, 3.63) is 12.7 Å². The minimum atomic E-state index is 0.457. The third-order valence-corrected chi connectivity index (χ3v) is 2.62. The molecule has 0 radical (unpaired) electrons. The first kappa shape index (κ1) is 11.7. The molecular formula is C11H22N2O. The van der Waals surface area contributed by atoms with Gasteiger partial charge in [-0.1, -0.05) is 6.08 Å². The molecule has 0 aromatic carbocycles. The number of likely N-dealkylation sites (N-methyl/N-ethyl adjacent to an activating group) is 1. The number of hydrogen-bond acceptors (Lipinski definition) is 3. The first-order chi connectivity index (χ1) is 6.77. The summed E-state index contributed by atoms with van der Waals surface area (Å²) in [5.74, 6) is 0. The number of nitrogens with zero attached hydrogens (tertiary/aromatic N) is 1. The van der Waals surface area contributed by atoms with Crippen molar-refractivity contribution in [3.63, 3.8) is 0 Å². The summed E-state index contributed by atoms with van der Waals surface area (Å²) in [5.41, 5.74) is 0. The van der Waals surface area contributed by atoms with E-state index in [1.165, 1.54) is 12.8 Å². The molecule has 0 aliphatic heterocycles. The number of ether oxygens (including phenoxy) is 1. The molecule has 0 saturated heterocycles. The van der Waals surface area contributed by atoms with E-state index in [0.717, 1.165) is 25.7 Å². The molecule has 0 heterocycles. The smallest absolute Gasteiger partial charge is 0.0630 e. The van der Waals surface area contributed by atoms with Crippen molar-refractivity contribution in [2.24, 2.45) is 0 Å². The average Bonchev–Trinajstić information content (AvgIpc) is 2.96. The zero-order chi connectivity index (χ0) is 10.4. The van der Waals surface area contributed by atoms with Crippen molar-refractivity contribution in [2.45, 2.75) is 24.9 Å². The van der Waals surface area contributed by atoms with Crippen molar-refractivity contribution in [1.29, 1.82) is 0 Å². The van der Waals surface area contributed by atoms with Gasteiger partial charge in [0.2, 0.25) is 0 Å². The van der Waals surface area contributed by atoms with Crippen LogP contribution in [0.1, 0.15) is 12.8 Å². The molecular weight excluding hydrogens is 176 g/mol. The monoisotopic (exact) mass is 198 g/mol. The highest BCUT2D eigenvalue weighted by molar-refractivity contribution is 4.85. The lowest BCUT2D eigenvalue weighted by molar-refractivity contribution is 0.111. The Hall–Kier alpha value is -0.380. The van der Waals surface area contributed by atoms with Crippen LogP contribution in [-0.2, 0) is 4.74 Å². The molecule has 1 fully saturated rings. The Balaban J connectivity index is 2.23. The van der Waals surface area contributed by atoms with E-state index in [1.54, 1.807) is 7.11 Å². The van der Waals surface area contributed by atoms with E-state index in [2.05, 4.69) is 23.8 Å². The number of hydrogen-bond donors (Lipinski definition) is 1. The van der Waals surface area contributed by atoms with E-state index in [4.69, 9.17) is 4.74 Å². The Labute approximate surface area is 87.1 Å². The van der Waals surface area contributed by atoms with E-state index in [1.807, 2.05) is 6.08 Å².